The standard InChI is InChI=1S/C13H15NO7S/c1-7-9(8(2)15)4-3-5-10(7)12(16)14-11(13(17)18)6-22(19,20)21/h3-5,11H,6H2,1-2H3,(H,14,16)(H,17,18)(H,19,20,21). The molecule has 8 nitrogen and oxygen atoms in total. The smallest absolute Gasteiger partial charge is 0.327 e. The molecule has 120 valence electrons. The van der Waals surface area contributed by atoms with Crippen LogP contribution in [0.1, 0.15) is 33.2 Å². The average Bonchev–Trinajstić information content (AvgIpc) is 2.35. The molecular formula is C13H15NO7S. The van der Waals surface area contributed by atoms with Crippen molar-refractivity contribution >= 4 is 27.8 Å². The van der Waals surface area contributed by atoms with Crippen LogP contribution >= 0.6 is 0 Å². The predicted octanol–water partition coefficient (Wildman–Crippen LogP) is 0.268. The number of carbonyl (C=O) groups excluding carboxylic acids is 2. The highest BCUT2D eigenvalue weighted by molar-refractivity contribution is 7.85. The van der Waals surface area contributed by atoms with Crippen LogP contribution in [0.4, 0.5) is 0 Å². The molecule has 1 atom stereocenters. The first-order valence-electron chi connectivity index (χ1n) is 6.12. The van der Waals surface area contributed by atoms with E-state index in [0.717, 1.165) is 0 Å². The summed E-state index contributed by atoms with van der Waals surface area (Å²) >= 11 is 0. The van der Waals surface area contributed by atoms with Crippen LogP contribution in [-0.4, -0.2) is 47.5 Å². The minimum Gasteiger partial charge on any atom is -0.480 e. The maximum absolute atomic E-state index is 12.1. The van der Waals surface area contributed by atoms with E-state index in [0.29, 0.717) is 11.1 Å². The monoisotopic (exact) mass is 329 g/mol. The Morgan fingerprint density at radius 3 is 2.23 bits per heavy atom. The van der Waals surface area contributed by atoms with Crippen LogP contribution < -0.4 is 5.32 Å². The van der Waals surface area contributed by atoms with Crippen LogP contribution in [0.5, 0.6) is 0 Å². The Balaban J connectivity index is 3.08. The van der Waals surface area contributed by atoms with E-state index in [1.807, 2.05) is 5.32 Å². The second-order valence-corrected chi connectivity index (χ2v) is 6.14. The van der Waals surface area contributed by atoms with E-state index in [1.54, 1.807) is 0 Å². The number of benzene rings is 1. The van der Waals surface area contributed by atoms with Crippen molar-refractivity contribution in [3.05, 3.63) is 34.9 Å². The maximum atomic E-state index is 12.1. The summed E-state index contributed by atoms with van der Waals surface area (Å²) in [5, 5.41) is 10.9. The van der Waals surface area contributed by atoms with E-state index in [1.165, 1.54) is 32.0 Å². The van der Waals surface area contributed by atoms with Gasteiger partial charge in [0.25, 0.3) is 16.0 Å². The van der Waals surface area contributed by atoms with Gasteiger partial charge in [-0.05, 0) is 25.5 Å². The molecule has 0 aromatic heterocycles. The highest BCUT2D eigenvalue weighted by atomic mass is 32.2. The summed E-state index contributed by atoms with van der Waals surface area (Å²) in [5.74, 6) is -3.87. The molecule has 0 aliphatic heterocycles. The molecule has 1 aromatic carbocycles. The molecule has 1 rings (SSSR count). The Morgan fingerprint density at radius 1 is 1.23 bits per heavy atom. The van der Waals surface area contributed by atoms with Gasteiger partial charge >= 0.3 is 5.97 Å². The topological polar surface area (TPSA) is 138 Å². The van der Waals surface area contributed by atoms with E-state index in [2.05, 4.69) is 0 Å². The van der Waals surface area contributed by atoms with Gasteiger partial charge in [0, 0.05) is 11.1 Å². The van der Waals surface area contributed by atoms with Gasteiger partial charge in [-0.3, -0.25) is 14.1 Å². The number of amides is 1. The zero-order valence-electron chi connectivity index (χ0n) is 11.9. The van der Waals surface area contributed by atoms with Crippen molar-refractivity contribution in [2.75, 3.05) is 5.75 Å². The molecule has 0 fully saturated rings. The van der Waals surface area contributed by atoms with Gasteiger partial charge in [0.2, 0.25) is 0 Å². The van der Waals surface area contributed by atoms with Crippen LogP contribution in [0.2, 0.25) is 0 Å². The third-order valence-corrected chi connectivity index (χ3v) is 3.69. The van der Waals surface area contributed by atoms with Crippen LogP contribution in [0, 0.1) is 6.92 Å². The number of carboxylic acid groups (broad SMARTS) is 1. The first-order chi connectivity index (χ1) is 10.0. The zero-order chi connectivity index (χ0) is 17.1. The Labute approximate surface area is 126 Å². The first kappa shape index (κ1) is 17.8. The Bertz CT molecular complexity index is 724. The number of rotatable bonds is 6. The normalized spacial score (nSPS) is 12.5. The number of ketones is 1. The van der Waals surface area contributed by atoms with Gasteiger partial charge in [0.1, 0.15) is 11.8 Å². The fourth-order valence-corrected chi connectivity index (χ4v) is 2.53. The maximum Gasteiger partial charge on any atom is 0.327 e. The number of carboxylic acids is 1. The van der Waals surface area contributed by atoms with Crippen LogP contribution in [0.15, 0.2) is 18.2 Å². The van der Waals surface area contributed by atoms with Crippen LogP contribution in [0.25, 0.3) is 0 Å². The molecule has 0 spiro atoms. The fourth-order valence-electron chi connectivity index (χ4n) is 1.88. The number of hydrogen-bond acceptors (Lipinski definition) is 5. The van der Waals surface area contributed by atoms with Crippen molar-refractivity contribution in [3.8, 4) is 0 Å². The summed E-state index contributed by atoms with van der Waals surface area (Å²) in [6.45, 7) is 2.84. The first-order valence-corrected chi connectivity index (χ1v) is 7.73. The summed E-state index contributed by atoms with van der Waals surface area (Å²) in [6, 6.07) is 2.55. The molecule has 0 bridgehead atoms. The Kier molecular flexibility index (Phi) is 5.39. The molecule has 0 saturated heterocycles. The third-order valence-electron chi connectivity index (χ3n) is 2.94. The van der Waals surface area contributed by atoms with Crippen LogP contribution in [0.3, 0.4) is 0 Å². The quantitative estimate of drug-likeness (QED) is 0.503. The van der Waals surface area contributed by atoms with Gasteiger partial charge in [-0.1, -0.05) is 12.1 Å². The number of aliphatic carboxylic acids is 1. The highest BCUT2D eigenvalue weighted by Crippen LogP contribution is 2.14. The number of hydrogen-bond donors (Lipinski definition) is 3. The van der Waals surface area contributed by atoms with Crippen LogP contribution in [-0.2, 0) is 14.9 Å². The van der Waals surface area contributed by atoms with Crippen molar-refractivity contribution in [3.63, 3.8) is 0 Å². The molecule has 0 radical (unpaired) electrons. The lowest BCUT2D eigenvalue weighted by atomic mass is 9.99. The van der Waals surface area contributed by atoms with E-state index in [4.69, 9.17) is 9.66 Å². The lowest BCUT2D eigenvalue weighted by molar-refractivity contribution is -0.138. The molecule has 0 heterocycles. The fraction of sp³-hybridized carbons (Fsp3) is 0.308. The second-order valence-electron chi connectivity index (χ2n) is 4.65. The number of nitrogens with one attached hydrogen (secondary N) is 1. The van der Waals surface area contributed by atoms with E-state index in [9.17, 15) is 22.8 Å². The minimum atomic E-state index is -4.58. The number of Topliss-reactive ketones (excluding diaryl/α,β-unsaturated/α-hetero) is 1. The summed E-state index contributed by atoms with van der Waals surface area (Å²) in [7, 11) is -4.58. The lowest BCUT2D eigenvalue weighted by Gasteiger charge is -2.15. The molecule has 3 N–H and O–H groups in total. The molecule has 1 unspecified atom stereocenters. The Hall–Kier alpha value is -2.26. The highest BCUT2D eigenvalue weighted by Gasteiger charge is 2.27. The van der Waals surface area contributed by atoms with Crippen molar-refractivity contribution < 1.29 is 32.5 Å². The van der Waals surface area contributed by atoms with Crippen molar-refractivity contribution in [1.29, 1.82) is 0 Å². The molecule has 0 aliphatic carbocycles. The SMILES string of the molecule is CC(=O)c1cccc(C(=O)NC(CS(=O)(=O)O)C(=O)O)c1C. The summed E-state index contributed by atoms with van der Waals surface area (Å²) in [4.78, 5) is 34.5. The summed E-state index contributed by atoms with van der Waals surface area (Å²) in [5.41, 5.74) is 0.701. The van der Waals surface area contributed by atoms with Gasteiger partial charge < -0.3 is 10.4 Å². The van der Waals surface area contributed by atoms with E-state index >= 15 is 0 Å². The van der Waals surface area contributed by atoms with Crippen molar-refractivity contribution in [1.82, 2.24) is 5.32 Å². The van der Waals surface area contributed by atoms with Gasteiger partial charge in [-0.25, -0.2) is 4.79 Å². The molecule has 1 aromatic rings. The third kappa shape index (κ3) is 4.64. The second kappa shape index (κ2) is 6.67. The average molecular weight is 329 g/mol. The van der Waals surface area contributed by atoms with Crippen molar-refractivity contribution in [2.45, 2.75) is 19.9 Å². The summed E-state index contributed by atoms with van der Waals surface area (Å²) in [6.07, 6.45) is 0. The molecule has 9 heteroatoms. The Morgan fingerprint density at radius 2 is 1.77 bits per heavy atom. The van der Waals surface area contributed by atoms with E-state index in [-0.39, 0.29) is 11.3 Å². The van der Waals surface area contributed by atoms with Gasteiger partial charge in [-0.2, -0.15) is 8.42 Å². The predicted molar refractivity (Wildman–Crippen MR) is 76.5 cm³/mol. The van der Waals surface area contributed by atoms with Gasteiger partial charge in [-0.15, -0.1) is 0 Å². The minimum absolute atomic E-state index is 0.0503. The van der Waals surface area contributed by atoms with Gasteiger partial charge in [0.15, 0.2) is 5.78 Å². The zero-order valence-corrected chi connectivity index (χ0v) is 12.7. The van der Waals surface area contributed by atoms with E-state index < -0.39 is 33.8 Å². The summed E-state index contributed by atoms with van der Waals surface area (Å²) < 4.78 is 30.2. The number of carbonyl (C=O) groups is 3. The van der Waals surface area contributed by atoms with Crippen molar-refractivity contribution in [2.24, 2.45) is 0 Å². The molecule has 1 amide bonds. The molecule has 0 saturated carbocycles. The van der Waals surface area contributed by atoms with Gasteiger partial charge in [0.05, 0.1) is 0 Å². The molecule has 22 heavy (non-hydrogen) atoms. The molecule has 0 aliphatic rings. The molecular weight excluding hydrogens is 314 g/mol. The largest absolute Gasteiger partial charge is 0.480 e. The lowest BCUT2D eigenvalue weighted by Crippen LogP contribution is -2.45.